The molecule has 0 aromatic heterocycles. The van der Waals surface area contributed by atoms with E-state index < -0.39 is 35.3 Å². The summed E-state index contributed by atoms with van der Waals surface area (Å²) in [5, 5.41) is 9.32. The highest BCUT2D eigenvalue weighted by Gasteiger charge is 2.23. The van der Waals surface area contributed by atoms with Crippen molar-refractivity contribution < 1.29 is 32.5 Å². The summed E-state index contributed by atoms with van der Waals surface area (Å²) in [7, 11) is 1.08. The number of esters is 1. The van der Waals surface area contributed by atoms with Crippen molar-refractivity contribution in [2.45, 2.75) is 12.7 Å². The lowest BCUT2D eigenvalue weighted by Crippen LogP contribution is -2.13. The number of rotatable bonds is 5. The molecule has 1 aromatic rings. The second-order valence-electron chi connectivity index (χ2n) is 3.61. The van der Waals surface area contributed by atoms with E-state index in [4.69, 9.17) is 11.6 Å². The Balaban J connectivity index is 3.10. The molecule has 0 bridgehead atoms. The third-order valence-electron chi connectivity index (χ3n) is 2.32. The van der Waals surface area contributed by atoms with Crippen LogP contribution in [-0.4, -0.2) is 24.8 Å². The largest absolute Gasteiger partial charge is 0.466 e. The Labute approximate surface area is 117 Å². The topological polar surface area (TPSA) is 55.8 Å². The molecule has 1 atom stereocenters. The highest BCUT2D eigenvalue weighted by molar-refractivity contribution is 6.32. The Morgan fingerprint density at radius 2 is 2.05 bits per heavy atom. The molecule has 0 aliphatic rings. The molecule has 0 aliphatic heterocycles. The third kappa shape index (κ3) is 3.64. The first kappa shape index (κ1) is 16.3. The molecule has 0 radical (unpaired) electrons. The zero-order valence-electron chi connectivity index (χ0n) is 10.2. The van der Waals surface area contributed by atoms with Gasteiger partial charge in [-0.15, -0.1) is 0 Å². The monoisotopic (exact) mass is 310 g/mol. The van der Waals surface area contributed by atoms with Crippen LogP contribution < -0.4 is 4.74 Å². The minimum atomic E-state index is -3.25. The van der Waals surface area contributed by atoms with E-state index in [1.165, 1.54) is 0 Å². The van der Waals surface area contributed by atoms with Gasteiger partial charge in [-0.3, -0.25) is 0 Å². The number of carbonyl (C=O) groups excluding carboxylic acids is 1. The number of carbonyl (C=O) groups is 1. The van der Waals surface area contributed by atoms with Crippen LogP contribution in [0.15, 0.2) is 24.3 Å². The molecule has 20 heavy (non-hydrogen) atoms. The predicted octanol–water partition coefficient (Wildman–Crippen LogP) is 2.84. The molecule has 1 unspecified atom stereocenters. The van der Waals surface area contributed by atoms with Crippen molar-refractivity contribution in [2.24, 2.45) is 0 Å². The van der Waals surface area contributed by atoms with Crippen LogP contribution in [0.1, 0.15) is 11.7 Å². The van der Waals surface area contributed by atoms with E-state index in [1.807, 2.05) is 0 Å². The molecule has 1 N–H and O–H groups in total. The van der Waals surface area contributed by atoms with E-state index in [2.05, 4.69) is 16.1 Å². The Morgan fingerprint density at radius 3 is 2.50 bits per heavy atom. The average molecular weight is 311 g/mol. The summed E-state index contributed by atoms with van der Waals surface area (Å²) in [6, 6.07) is 1.70. The maximum Gasteiger partial charge on any atom is 0.387 e. The highest BCUT2D eigenvalue weighted by Crippen LogP contribution is 2.34. The van der Waals surface area contributed by atoms with Gasteiger partial charge in [-0.05, 0) is 17.7 Å². The molecule has 0 saturated carbocycles. The molecule has 0 amide bonds. The molecule has 0 heterocycles. The minimum absolute atomic E-state index is 0.149. The van der Waals surface area contributed by atoms with E-state index >= 15 is 0 Å². The van der Waals surface area contributed by atoms with Crippen molar-refractivity contribution in [1.82, 2.24) is 0 Å². The molecular formula is C12H10ClF3O4. The van der Waals surface area contributed by atoms with Crippen molar-refractivity contribution >= 4 is 17.6 Å². The second kappa shape index (κ2) is 6.62. The molecule has 0 fully saturated rings. The summed E-state index contributed by atoms with van der Waals surface area (Å²) >= 11 is 5.59. The van der Waals surface area contributed by atoms with Gasteiger partial charge < -0.3 is 14.6 Å². The van der Waals surface area contributed by atoms with Crippen LogP contribution in [0.5, 0.6) is 5.75 Å². The van der Waals surface area contributed by atoms with E-state index in [0.717, 1.165) is 13.2 Å². The molecule has 4 nitrogen and oxygen atoms in total. The zero-order valence-corrected chi connectivity index (χ0v) is 11.0. The van der Waals surface area contributed by atoms with Gasteiger partial charge in [0.05, 0.1) is 17.7 Å². The number of alkyl halides is 2. The van der Waals surface area contributed by atoms with Gasteiger partial charge >= 0.3 is 12.6 Å². The van der Waals surface area contributed by atoms with E-state index in [-0.39, 0.29) is 11.1 Å². The van der Waals surface area contributed by atoms with Gasteiger partial charge in [0.15, 0.2) is 11.6 Å². The minimum Gasteiger partial charge on any atom is -0.466 e. The number of hydrogen-bond donors (Lipinski definition) is 1. The maximum atomic E-state index is 13.6. The Hall–Kier alpha value is -1.73. The molecule has 0 spiro atoms. The Bertz CT molecular complexity index is 510. The van der Waals surface area contributed by atoms with Crippen LogP contribution in [0.2, 0.25) is 5.02 Å². The maximum absolute atomic E-state index is 13.6. The fourth-order valence-electron chi connectivity index (χ4n) is 1.38. The van der Waals surface area contributed by atoms with Gasteiger partial charge in [0.25, 0.3) is 0 Å². The van der Waals surface area contributed by atoms with Crippen LogP contribution in [0.4, 0.5) is 13.2 Å². The molecule has 110 valence electrons. The lowest BCUT2D eigenvalue weighted by Gasteiger charge is -2.15. The smallest absolute Gasteiger partial charge is 0.387 e. The summed E-state index contributed by atoms with van der Waals surface area (Å²) in [4.78, 5) is 11.2. The zero-order chi connectivity index (χ0) is 15.4. The van der Waals surface area contributed by atoms with E-state index in [0.29, 0.717) is 6.07 Å². The van der Waals surface area contributed by atoms with Crippen LogP contribution in [0.25, 0.3) is 0 Å². The van der Waals surface area contributed by atoms with Crippen molar-refractivity contribution in [1.29, 1.82) is 0 Å². The fourth-order valence-corrected chi connectivity index (χ4v) is 1.64. The fraction of sp³-hybridized carbons (Fsp3) is 0.250. The van der Waals surface area contributed by atoms with E-state index in [9.17, 15) is 23.1 Å². The van der Waals surface area contributed by atoms with Gasteiger partial charge in [-0.2, -0.15) is 8.78 Å². The van der Waals surface area contributed by atoms with Crippen LogP contribution in [0.3, 0.4) is 0 Å². The van der Waals surface area contributed by atoms with Gasteiger partial charge in [0.1, 0.15) is 6.10 Å². The number of methoxy groups -OCH3 is 1. The number of ether oxygens (including phenoxy) is 2. The highest BCUT2D eigenvalue weighted by atomic mass is 35.5. The van der Waals surface area contributed by atoms with Crippen LogP contribution >= 0.6 is 11.6 Å². The standard InChI is InChI=1S/C12H10ClF3O4/c1-5(11(18)19-2)9(17)6-3-7(13)10(8(14)4-6)20-12(15)16/h3-4,9,12,17H,1H2,2H3. The summed E-state index contributed by atoms with van der Waals surface area (Å²) in [6.07, 6.45) is -1.59. The predicted molar refractivity (Wildman–Crippen MR) is 64.2 cm³/mol. The number of halogens is 4. The molecule has 0 saturated heterocycles. The van der Waals surface area contributed by atoms with Crippen molar-refractivity contribution in [2.75, 3.05) is 7.11 Å². The molecule has 8 heteroatoms. The molecule has 1 rings (SSSR count). The third-order valence-corrected chi connectivity index (χ3v) is 2.60. The van der Waals surface area contributed by atoms with Gasteiger partial charge in [0.2, 0.25) is 0 Å². The number of aliphatic hydroxyl groups is 1. The Morgan fingerprint density at radius 1 is 1.45 bits per heavy atom. The number of aliphatic hydroxyl groups excluding tert-OH is 1. The van der Waals surface area contributed by atoms with Gasteiger partial charge in [-0.25, -0.2) is 9.18 Å². The van der Waals surface area contributed by atoms with Gasteiger partial charge in [0, 0.05) is 0 Å². The van der Waals surface area contributed by atoms with Gasteiger partial charge in [-0.1, -0.05) is 18.2 Å². The van der Waals surface area contributed by atoms with E-state index in [1.54, 1.807) is 0 Å². The Kier molecular flexibility index (Phi) is 5.41. The molecular weight excluding hydrogens is 301 g/mol. The normalized spacial score (nSPS) is 12.2. The molecule has 1 aromatic carbocycles. The first-order valence-electron chi connectivity index (χ1n) is 5.16. The lowest BCUT2D eigenvalue weighted by atomic mass is 10.0. The first-order valence-corrected chi connectivity index (χ1v) is 5.54. The first-order chi connectivity index (χ1) is 9.27. The summed E-state index contributed by atoms with van der Waals surface area (Å²) in [5.74, 6) is -2.95. The molecule has 0 aliphatic carbocycles. The number of hydrogen-bond acceptors (Lipinski definition) is 4. The van der Waals surface area contributed by atoms with Crippen LogP contribution in [-0.2, 0) is 9.53 Å². The lowest BCUT2D eigenvalue weighted by molar-refractivity contribution is -0.137. The second-order valence-corrected chi connectivity index (χ2v) is 4.02. The summed E-state index contributed by atoms with van der Waals surface area (Å²) < 4.78 is 45.9. The SMILES string of the molecule is C=C(C(=O)OC)C(O)c1cc(F)c(OC(F)F)c(Cl)c1. The van der Waals surface area contributed by atoms with Crippen molar-refractivity contribution in [3.8, 4) is 5.75 Å². The quantitative estimate of drug-likeness (QED) is 0.671. The van der Waals surface area contributed by atoms with Crippen molar-refractivity contribution in [3.05, 3.63) is 40.7 Å². The average Bonchev–Trinajstić information content (AvgIpc) is 2.39. The van der Waals surface area contributed by atoms with Crippen LogP contribution in [0, 0.1) is 5.82 Å². The summed E-state index contributed by atoms with van der Waals surface area (Å²) in [5.41, 5.74) is -0.505. The van der Waals surface area contributed by atoms with Crippen molar-refractivity contribution in [3.63, 3.8) is 0 Å². The summed E-state index contributed by atoms with van der Waals surface area (Å²) in [6.45, 7) is 0.0432. The number of benzene rings is 1.